The third-order valence-electron chi connectivity index (χ3n) is 4.59. The summed E-state index contributed by atoms with van der Waals surface area (Å²) in [6, 6.07) is -1.04. The smallest absolute Gasteiger partial charge is 0.335 e. The molecule has 0 spiro atoms. The van der Waals surface area contributed by atoms with Crippen LogP contribution < -0.4 is 11.1 Å². The Morgan fingerprint density at radius 3 is 2.56 bits per heavy atom. The highest BCUT2D eigenvalue weighted by Gasteiger charge is 2.45. The summed E-state index contributed by atoms with van der Waals surface area (Å²) in [5.41, 5.74) is 5.34. The van der Waals surface area contributed by atoms with Gasteiger partial charge in [0.1, 0.15) is 6.54 Å². The van der Waals surface area contributed by atoms with E-state index in [2.05, 4.69) is 11.9 Å². The van der Waals surface area contributed by atoms with E-state index in [4.69, 9.17) is 5.73 Å². The van der Waals surface area contributed by atoms with Gasteiger partial charge < -0.3 is 16.0 Å². The van der Waals surface area contributed by atoms with Crippen molar-refractivity contribution in [2.45, 2.75) is 31.7 Å². The summed E-state index contributed by atoms with van der Waals surface area (Å²) >= 11 is 0. The zero-order valence-electron chi connectivity index (χ0n) is 15.2. The first kappa shape index (κ1) is 20.6. The Morgan fingerprint density at radius 1 is 1.19 bits per heavy atom. The number of piperidine rings is 1. The van der Waals surface area contributed by atoms with E-state index in [0.717, 1.165) is 17.7 Å². The molecule has 6 amide bonds. The fourth-order valence-electron chi connectivity index (χ4n) is 3.20. The van der Waals surface area contributed by atoms with Gasteiger partial charge in [-0.25, -0.2) is 9.69 Å². The number of amides is 6. The van der Waals surface area contributed by atoms with Gasteiger partial charge in [0, 0.05) is 38.6 Å². The van der Waals surface area contributed by atoms with Crippen molar-refractivity contribution in [2.75, 3.05) is 32.7 Å². The second kappa shape index (κ2) is 9.26. The Labute approximate surface area is 157 Å². The molecule has 10 nitrogen and oxygen atoms in total. The molecule has 10 heteroatoms. The van der Waals surface area contributed by atoms with Gasteiger partial charge in [-0.15, -0.1) is 6.58 Å². The van der Waals surface area contributed by atoms with Crippen molar-refractivity contribution in [3.05, 3.63) is 12.7 Å². The van der Waals surface area contributed by atoms with Crippen LogP contribution in [0.4, 0.5) is 4.79 Å². The molecule has 0 bridgehead atoms. The summed E-state index contributed by atoms with van der Waals surface area (Å²) in [5, 5.41) is 2.75. The second-order valence-electron chi connectivity index (χ2n) is 6.46. The van der Waals surface area contributed by atoms with E-state index < -0.39 is 30.3 Å². The van der Waals surface area contributed by atoms with E-state index in [-0.39, 0.29) is 38.0 Å². The second-order valence-corrected chi connectivity index (χ2v) is 6.46. The molecule has 0 saturated carbocycles. The largest absolute Gasteiger partial charge is 0.354 e. The standard InChI is InChI=1S/C17H25N5O5/c1-2-8-21-15(25)16(26)22(17(21)27)11-14(24)20-9-4-3-5-12(20)10-19-13(23)6-7-18/h2,12H,1,3-11,18H2,(H,19,23). The highest BCUT2D eigenvalue weighted by atomic mass is 16.2. The fraction of sp³-hybridized carbons (Fsp3) is 0.588. The van der Waals surface area contributed by atoms with Crippen LogP contribution in [0.15, 0.2) is 12.7 Å². The van der Waals surface area contributed by atoms with Crippen LogP contribution in [0, 0.1) is 0 Å². The first-order chi connectivity index (χ1) is 12.9. The van der Waals surface area contributed by atoms with Crippen molar-refractivity contribution in [3.63, 3.8) is 0 Å². The number of nitrogens with zero attached hydrogens (tertiary/aromatic N) is 3. The zero-order chi connectivity index (χ0) is 20.0. The van der Waals surface area contributed by atoms with Gasteiger partial charge in [-0.05, 0) is 19.3 Å². The molecule has 0 radical (unpaired) electrons. The van der Waals surface area contributed by atoms with Gasteiger partial charge in [0.25, 0.3) is 0 Å². The van der Waals surface area contributed by atoms with Crippen LogP contribution >= 0.6 is 0 Å². The highest BCUT2D eigenvalue weighted by molar-refractivity contribution is 6.45. The van der Waals surface area contributed by atoms with E-state index >= 15 is 0 Å². The first-order valence-corrected chi connectivity index (χ1v) is 8.95. The molecule has 0 aromatic heterocycles. The Morgan fingerprint density at radius 2 is 1.89 bits per heavy atom. The summed E-state index contributed by atoms with van der Waals surface area (Å²) in [4.78, 5) is 63.4. The number of imide groups is 2. The van der Waals surface area contributed by atoms with Crippen molar-refractivity contribution >= 4 is 29.7 Å². The minimum Gasteiger partial charge on any atom is -0.354 e. The normalized spacial score (nSPS) is 20.3. The fourth-order valence-corrected chi connectivity index (χ4v) is 3.20. The summed E-state index contributed by atoms with van der Waals surface area (Å²) in [7, 11) is 0. The Bertz CT molecular complexity index is 650. The van der Waals surface area contributed by atoms with Gasteiger partial charge in [-0.1, -0.05) is 6.08 Å². The van der Waals surface area contributed by atoms with Gasteiger partial charge >= 0.3 is 17.8 Å². The third-order valence-corrected chi connectivity index (χ3v) is 4.59. The molecular weight excluding hydrogens is 354 g/mol. The number of carbonyl (C=O) groups is 5. The number of rotatable bonds is 8. The van der Waals surface area contributed by atoms with E-state index in [1.165, 1.54) is 6.08 Å². The minimum absolute atomic E-state index is 0.0897. The lowest BCUT2D eigenvalue weighted by Gasteiger charge is -2.36. The Hall–Kier alpha value is -2.75. The maximum Gasteiger partial charge on any atom is 0.335 e. The summed E-state index contributed by atoms with van der Waals surface area (Å²) < 4.78 is 0. The number of likely N-dealkylation sites (tertiary alicyclic amines) is 1. The van der Waals surface area contributed by atoms with Crippen LogP contribution in [-0.4, -0.2) is 83.1 Å². The summed E-state index contributed by atoms with van der Waals surface area (Å²) in [6.07, 6.45) is 3.95. The number of hydrogen-bond acceptors (Lipinski definition) is 6. The van der Waals surface area contributed by atoms with Crippen molar-refractivity contribution in [1.29, 1.82) is 0 Å². The number of urea groups is 1. The lowest BCUT2D eigenvalue weighted by Crippen LogP contribution is -2.53. The molecule has 0 aliphatic carbocycles. The third kappa shape index (κ3) is 4.70. The number of nitrogens with two attached hydrogens (primary N) is 1. The van der Waals surface area contributed by atoms with Crippen molar-refractivity contribution in [1.82, 2.24) is 20.0 Å². The van der Waals surface area contributed by atoms with Crippen LogP contribution in [0.5, 0.6) is 0 Å². The predicted molar refractivity (Wildman–Crippen MR) is 95.1 cm³/mol. The lowest BCUT2D eigenvalue weighted by molar-refractivity contribution is -0.145. The molecule has 2 fully saturated rings. The molecule has 27 heavy (non-hydrogen) atoms. The zero-order valence-corrected chi connectivity index (χ0v) is 15.2. The van der Waals surface area contributed by atoms with Crippen molar-refractivity contribution in [2.24, 2.45) is 5.73 Å². The molecule has 1 unspecified atom stereocenters. The number of nitrogens with one attached hydrogen (secondary N) is 1. The average molecular weight is 379 g/mol. The minimum atomic E-state index is -1.01. The van der Waals surface area contributed by atoms with Crippen molar-refractivity contribution in [3.8, 4) is 0 Å². The van der Waals surface area contributed by atoms with Gasteiger partial charge in [-0.2, -0.15) is 0 Å². The van der Waals surface area contributed by atoms with Gasteiger partial charge in [0.15, 0.2) is 0 Å². The van der Waals surface area contributed by atoms with Crippen LogP contribution in [0.25, 0.3) is 0 Å². The van der Waals surface area contributed by atoms with Gasteiger partial charge in [0.2, 0.25) is 11.8 Å². The number of carbonyl (C=O) groups excluding carboxylic acids is 5. The summed E-state index contributed by atoms with van der Waals surface area (Å²) in [6.45, 7) is 3.85. The monoisotopic (exact) mass is 379 g/mol. The molecule has 0 aromatic rings. The van der Waals surface area contributed by atoms with E-state index in [9.17, 15) is 24.0 Å². The molecule has 1 atom stereocenters. The molecule has 3 N–H and O–H groups in total. The maximum atomic E-state index is 12.7. The lowest BCUT2D eigenvalue weighted by atomic mass is 10.0. The van der Waals surface area contributed by atoms with Gasteiger partial charge in [-0.3, -0.25) is 24.1 Å². The van der Waals surface area contributed by atoms with Crippen LogP contribution in [-0.2, 0) is 19.2 Å². The van der Waals surface area contributed by atoms with Crippen molar-refractivity contribution < 1.29 is 24.0 Å². The van der Waals surface area contributed by atoms with E-state index in [0.29, 0.717) is 17.9 Å². The molecule has 2 saturated heterocycles. The maximum absolute atomic E-state index is 12.7. The highest BCUT2D eigenvalue weighted by Crippen LogP contribution is 2.18. The summed E-state index contributed by atoms with van der Waals surface area (Å²) in [5.74, 6) is -2.59. The van der Waals surface area contributed by atoms with E-state index in [1.807, 2.05) is 0 Å². The number of hydrogen-bond donors (Lipinski definition) is 2. The van der Waals surface area contributed by atoms with Crippen LogP contribution in [0.1, 0.15) is 25.7 Å². The molecule has 0 aromatic carbocycles. The quantitative estimate of drug-likeness (QED) is 0.309. The van der Waals surface area contributed by atoms with E-state index in [1.54, 1.807) is 4.90 Å². The predicted octanol–water partition coefficient (Wildman–Crippen LogP) is -1.19. The molecular formula is C17H25N5O5. The average Bonchev–Trinajstić information content (AvgIpc) is 2.85. The Kier molecular flexibility index (Phi) is 7.05. The molecule has 2 rings (SSSR count). The molecule has 2 aliphatic heterocycles. The van der Waals surface area contributed by atoms with Crippen LogP contribution in [0.3, 0.4) is 0 Å². The Balaban J connectivity index is 2.01. The molecule has 148 valence electrons. The van der Waals surface area contributed by atoms with Crippen LogP contribution in [0.2, 0.25) is 0 Å². The first-order valence-electron chi connectivity index (χ1n) is 8.95. The SMILES string of the molecule is C=CCN1C(=O)C(=O)N(CC(=O)N2CCCCC2CNC(=O)CCN)C1=O. The molecule has 2 heterocycles. The molecule has 2 aliphatic rings. The van der Waals surface area contributed by atoms with Gasteiger partial charge in [0.05, 0.1) is 0 Å². The topological polar surface area (TPSA) is 133 Å².